The number of primary amides is 1. The van der Waals surface area contributed by atoms with Gasteiger partial charge in [-0.15, -0.1) is 11.3 Å². The van der Waals surface area contributed by atoms with E-state index in [2.05, 4.69) is 18.2 Å². The van der Waals surface area contributed by atoms with Crippen LogP contribution in [0, 0.1) is 0 Å². The maximum atomic E-state index is 11.8. The van der Waals surface area contributed by atoms with E-state index in [0.29, 0.717) is 16.5 Å². The van der Waals surface area contributed by atoms with Crippen LogP contribution in [0.1, 0.15) is 53.3 Å². The number of rotatable bonds is 3. The Bertz CT molecular complexity index is 927. The molecular formula is C20H21N3OS. The Morgan fingerprint density at radius 2 is 1.84 bits per heavy atom. The summed E-state index contributed by atoms with van der Waals surface area (Å²) in [5.74, 6) is -0.00399. The van der Waals surface area contributed by atoms with Crippen molar-refractivity contribution < 1.29 is 4.79 Å². The summed E-state index contributed by atoms with van der Waals surface area (Å²) in [5.41, 5.74) is 15.6. The number of carbonyl (C=O) groups excluding carboxylic acids is 1. The first-order valence-corrected chi connectivity index (χ1v) is 9.55. The van der Waals surface area contributed by atoms with Gasteiger partial charge in [0.15, 0.2) is 0 Å². The number of amides is 1. The fraction of sp³-hybridized carbons (Fsp3) is 0.300. The molecule has 25 heavy (non-hydrogen) atoms. The fourth-order valence-electron chi connectivity index (χ4n) is 3.83. The van der Waals surface area contributed by atoms with Gasteiger partial charge in [0.1, 0.15) is 9.71 Å². The monoisotopic (exact) mass is 351 g/mol. The lowest BCUT2D eigenvalue weighted by molar-refractivity contribution is 0.100. The molecule has 128 valence electrons. The van der Waals surface area contributed by atoms with Gasteiger partial charge in [-0.25, -0.2) is 4.98 Å². The van der Waals surface area contributed by atoms with E-state index in [4.69, 9.17) is 16.5 Å². The number of nitrogens with two attached hydrogens (primary N) is 2. The van der Waals surface area contributed by atoms with Crippen LogP contribution in [0.4, 0.5) is 5.69 Å². The van der Waals surface area contributed by atoms with Gasteiger partial charge in [0.05, 0.1) is 11.4 Å². The zero-order valence-corrected chi connectivity index (χ0v) is 14.8. The number of thiophene rings is 1. The molecule has 5 heteroatoms. The molecular weight excluding hydrogens is 330 g/mol. The Hall–Kier alpha value is -2.40. The Kier molecular flexibility index (Phi) is 4.17. The van der Waals surface area contributed by atoms with Gasteiger partial charge in [0.25, 0.3) is 5.91 Å². The quantitative estimate of drug-likeness (QED) is 0.718. The number of pyridine rings is 1. The molecule has 1 aromatic carbocycles. The summed E-state index contributed by atoms with van der Waals surface area (Å²) >= 11 is 1.31. The van der Waals surface area contributed by atoms with Gasteiger partial charge in [0, 0.05) is 10.9 Å². The average Bonchev–Trinajstić information content (AvgIpc) is 2.99. The first-order chi connectivity index (χ1) is 12.1. The van der Waals surface area contributed by atoms with Crippen LogP contribution in [-0.2, 0) is 0 Å². The van der Waals surface area contributed by atoms with Crippen molar-refractivity contribution in [3.8, 4) is 11.3 Å². The average molecular weight is 351 g/mol. The highest BCUT2D eigenvalue weighted by Crippen LogP contribution is 2.43. The molecule has 1 aliphatic rings. The molecule has 3 aromatic rings. The third-order valence-corrected chi connectivity index (χ3v) is 6.18. The molecule has 4 nitrogen and oxygen atoms in total. The number of hydrogen-bond donors (Lipinski definition) is 2. The second kappa shape index (κ2) is 6.48. The Morgan fingerprint density at radius 1 is 1.12 bits per heavy atom. The fourth-order valence-corrected chi connectivity index (χ4v) is 4.81. The number of fused-ring (bicyclic) bond motifs is 1. The molecule has 2 aromatic heterocycles. The SMILES string of the molecule is NC(=O)c1sc2nc(-c3ccccc3)cc(C3CCCCC3)c2c1N. The van der Waals surface area contributed by atoms with Gasteiger partial charge in [-0.2, -0.15) is 0 Å². The third kappa shape index (κ3) is 2.89. The molecule has 1 fully saturated rings. The van der Waals surface area contributed by atoms with E-state index in [1.165, 1.54) is 36.2 Å². The number of carbonyl (C=O) groups is 1. The largest absolute Gasteiger partial charge is 0.397 e. The highest BCUT2D eigenvalue weighted by atomic mass is 32.1. The molecule has 4 rings (SSSR count). The van der Waals surface area contributed by atoms with E-state index in [0.717, 1.165) is 34.3 Å². The van der Waals surface area contributed by atoms with Crippen LogP contribution in [0.15, 0.2) is 36.4 Å². The summed E-state index contributed by atoms with van der Waals surface area (Å²) in [6, 6.07) is 12.3. The first-order valence-electron chi connectivity index (χ1n) is 8.73. The van der Waals surface area contributed by atoms with E-state index < -0.39 is 5.91 Å². The van der Waals surface area contributed by atoms with Crippen molar-refractivity contribution in [2.75, 3.05) is 5.73 Å². The van der Waals surface area contributed by atoms with Crippen LogP contribution in [0.5, 0.6) is 0 Å². The molecule has 0 radical (unpaired) electrons. The summed E-state index contributed by atoms with van der Waals surface area (Å²) in [6.45, 7) is 0. The smallest absolute Gasteiger partial charge is 0.260 e. The first kappa shape index (κ1) is 16.1. The van der Waals surface area contributed by atoms with Crippen LogP contribution in [0.25, 0.3) is 21.5 Å². The van der Waals surface area contributed by atoms with Gasteiger partial charge in [-0.05, 0) is 30.4 Å². The summed E-state index contributed by atoms with van der Waals surface area (Å²) in [5, 5.41) is 0.936. The standard InChI is InChI=1S/C20H21N3OS/c21-17-16-14(12-7-3-1-4-8-12)11-15(13-9-5-2-6-10-13)23-20(16)25-18(17)19(22)24/h2,5-6,9-12H,1,3-4,7-8,21H2,(H2,22,24). The molecule has 0 saturated heterocycles. The number of nitrogen functional groups attached to an aromatic ring is 1. The lowest BCUT2D eigenvalue weighted by Crippen LogP contribution is -2.11. The van der Waals surface area contributed by atoms with Crippen molar-refractivity contribution >= 4 is 33.1 Å². The molecule has 1 amide bonds. The van der Waals surface area contributed by atoms with Gasteiger partial charge in [-0.3, -0.25) is 4.79 Å². The molecule has 0 atom stereocenters. The van der Waals surface area contributed by atoms with Gasteiger partial charge in [-0.1, -0.05) is 49.6 Å². The molecule has 1 saturated carbocycles. The van der Waals surface area contributed by atoms with Crippen LogP contribution < -0.4 is 11.5 Å². The Balaban J connectivity index is 1.96. The van der Waals surface area contributed by atoms with Crippen LogP contribution in [-0.4, -0.2) is 10.9 Å². The summed E-state index contributed by atoms with van der Waals surface area (Å²) in [4.78, 5) is 17.8. The predicted molar refractivity (Wildman–Crippen MR) is 104 cm³/mol. The number of nitrogens with zero attached hydrogens (tertiary/aromatic N) is 1. The third-order valence-electron chi connectivity index (χ3n) is 5.07. The van der Waals surface area contributed by atoms with Gasteiger partial charge < -0.3 is 11.5 Å². The van der Waals surface area contributed by atoms with Crippen LogP contribution in [0.3, 0.4) is 0 Å². The van der Waals surface area contributed by atoms with E-state index in [1.54, 1.807) is 0 Å². The highest BCUT2D eigenvalue weighted by molar-refractivity contribution is 7.21. The van der Waals surface area contributed by atoms with Gasteiger partial charge in [0.2, 0.25) is 0 Å². The summed E-state index contributed by atoms with van der Waals surface area (Å²) < 4.78 is 0. The highest BCUT2D eigenvalue weighted by Gasteiger charge is 2.24. The Morgan fingerprint density at radius 3 is 2.52 bits per heavy atom. The Labute approximate surface area is 150 Å². The zero-order valence-electron chi connectivity index (χ0n) is 14.0. The minimum atomic E-state index is -0.476. The minimum absolute atomic E-state index is 0.421. The summed E-state index contributed by atoms with van der Waals surface area (Å²) in [6.07, 6.45) is 6.09. The molecule has 4 N–H and O–H groups in total. The number of benzene rings is 1. The van der Waals surface area contributed by atoms with Crippen molar-refractivity contribution in [3.05, 3.63) is 46.8 Å². The zero-order chi connectivity index (χ0) is 17.4. The number of anilines is 1. The lowest BCUT2D eigenvalue weighted by Gasteiger charge is -2.23. The van der Waals surface area contributed by atoms with E-state index >= 15 is 0 Å². The van der Waals surface area contributed by atoms with Crippen molar-refractivity contribution in [2.45, 2.75) is 38.0 Å². The molecule has 0 aliphatic heterocycles. The molecule has 0 bridgehead atoms. The van der Waals surface area contributed by atoms with Crippen molar-refractivity contribution in [1.29, 1.82) is 0 Å². The van der Waals surface area contributed by atoms with E-state index in [-0.39, 0.29) is 0 Å². The number of hydrogen-bond acceptors (Lipinski definition) is 4. The lowest BCUT2D eigenvalue weighted by atomic mass is 9.82. The maximum absolute atomic E-state index is 11.8. The topological polar surface area (TPSA) is 82.0 Å². The molecule has 2 heterocycles. The predicted octanol–water partition coefficient (Wildman–Crippen LogP) is 4.69. The second-order valence-corrected chi connectivity index (χ2v) is 7.69. The molecule has 1 aliphatic carbocycles. The molecule has 0 unspecified atom stereocenters. The van der Waals surface area contributed by atoms with Crippen LogP contribution in [0.2, 0.25) is 0 Å². The minimum Gasteiger partial charge on any atom is -0.397 e. The van der Waals surface area contributed by atoms with Crippen LogP contribution >= 0.6 is 11.3 Å². The van der Waals surface area contributed by atoms with Crippen molar-refractivity contribution in [3.63, 3.8) is 0 Å². The van der Waals surface area contributed by atoms with E-state index in [9.17, 15) is 4.79 Å². The van der Waals surface area contributed by atoms with E-state index in [1.807, 2.05) is 18.2 Å². The van der Waals surface area contributed by atoms with Crippen molar-refractivity contribution in [2.24, 2.45) is 5.73 Å². The second-order valence-electron chi connectivity index (χ2n) is 6.69. The summed E-state index contributed by atoms with van der Waals surface area (Å²) in [7, 11) is 0. The number of aromatic nitrogens is 1. The maximum Gasteiger partial charge on any atom is 0.260 e. The van der Waals surface area contributed by atoms with Gasteiger partial charge >= 0.3 is 0 Å². The normalized spacial score (nSPS) is 15.5. The van der Waals surface area contributed by atoms with Crippen molar-refractivity contribution in [1.82, 2.24) is 4.98 Å². The molecule has 0 spiro atoms.